The van der Waals surface area contributed by atoms with Gasteiger partial charge in [0.25, 0.3) is 0 Å². The van der Waals surface area contributed by atoms with E-state index in [0.717, 1.165) is 77.8 Å². The van der Waals surface area contributed by atoms with Gasteiger partial charge in [-0.2, -0.15) is 0 Å². The monoisotopic (exact) mass is 779 g/mol. The Kier molecular flexibility index (Phi) is 7.16. The molecule has 0 atom stereocenters. The Bertz CT molecular complexity index is 3540. The highest BCUT2D eigenvalue weighted by atomic mass is 16.5. The minimum atomic E-state index is -0.549. The molecule has 1 spiro atoms. The van der Waals surface area contributed by atoms with Gasteiger partial charge in [-0.25, -0.2) is 15.0 Å². The van der Waals surface area contributed by atoms with E-state index in [1.165, 1.54) is 27.6 Å². The van der Waals surface area contributed by atoms with Crippen LogP contribution in [-0.2, 0) is 5.41 Å². The first-order valence-electron chi connectivity index (χ1n) is 20.6. The van der Waals surface area contributed by atoms with Gasteiger partial charge < -0.3 is 9.15 Å². The molecule has 5 heteroatoms. The number of hydrogen-bond acceptors (Lipinski definition) is 5. The lowest BCUT2D eigenvalue weighted by Crippen LogP contribution is -2.32. The van der Waals surface area contributed by atoms with E-state index in [2.05, 4.69) is 164 Å². The molecule has 9 aromatic carbocycles. The Labute approximate surface area is 351 Å². The van der Waals surface area contributed by atoms with E-state index < -0.39 is 5.41 Å². The molecule has 1 aliphatic heterocycles. The Morgan fingerprint density at radius 2 is 0.869 bits per heavy atom. The molecule has 0 fully saturated rings. The van der Waals surface area contributed by atoms with Crippen molar-refractivity contribution in [3.63, 3.8) is 0 Å². The molecular formula is C56H33N3O2. The van der Waals surface area contributed by atoms with Crippen LogP contribution in [0.2, 0.25) is 0 Å². The Hall–Kier alpha value is -8.15. The molecule has 0 bridgehead atoms. The van der Waals surface area contributed by atoms with Crippen molar-refractivity contribution in [1.29, 1.82) is 0 Å². The highest BCUT2D eigenvalue weighted by Gasteiger charge is 2.51. The summed E-state index contributed by atoms with van der Waals surface area (Å²) in [6.45, 7) is 0. The van der Waals surface area contributed by atoms with Crippen LogP contribution in [0, 0.1) is 0 Å². The zero-order valence-corrected chi connectivity index (χ0v) is 32.7. The lowest BCUT2D eigenvalue weighted by molar-refractivity contribution is 0.436. The molecule has 11 aromatic rings. The molecule has 61 heavy (non-hydrogen) atoms. The highest BCUT2D eigenvalue weighted by molar-refractivity contribution is 6.10. The van der Waals surface area contributed by atoms with Gasteiger partial charge in [-0.3, -0.25) is 0 Å². The number of ether oxygens (including phenoxy) is 1. The minimum Gasteiger partial charge on any atom is -0.457 e. The summed E-state index contributed by atoms with van der Waals surface area (Å²) < 4.78 is 13.2. The van der Waals surface area contributed by atoms with Crippen LogP contribution in [0.5, 0.6) is 11.5 Å². The molecule has 2 aliphatic rings. The minimum absolute atomic E-state index is 0.549. The zero-order chi connectivity index (χ0) is 40.1. The maximum Gasteiger partial charge on any atom is 0.164 e. The molecule has 0 amide bonds. The topological polar surface area (TPSA) is 61.0 Å². The molecule has 284 valence electrons. The van der Waals surface area contributed by atoms with Gasteiger partial charge in [-0.05, 0) is 92.7 Å². The third kappa shape index (κ3) is 5.04. The van der Waals surface area contributed by atoms with Crippen LogP contribution in [0.3, 0.4) is 0 Å². The Morgan fingerprint density at radius 1 is 0.328 bits per heavy atom. The quantitative estimate of drug-likeness (QED) is 0.178. The third-order valence-corrected chi connectivity index (χ3v) is 12.6. The fourth-order valence-electron chi connectivity index (χ4n) is 9.83. The number of furan rings is 1. The van der Waals surface area contributed by atoms with Crippen molar-refractivity contribution < 1.29 is 9.15 Å². The number of aromatic nitrogens is 3. The van der Waals surface area contributed by atoms with Crippen LogP contribution < -0.4 is 4.74 Å². The van der Waals surface area contributed by atoms with E-state index in [-0.39, 0.29) is 0 Å². The molecule has 1 aliphatic carbocycles. The molecule has 5 nitrogen and oxygen atoms in total. The zero-order valence-electron chi connectivity index (χ0n) is 32.7. The summed E-state index contributed by atoms with van der Waals surface area (Å²) in [7, 11) is 0. The van der Waals surface area contributed by atoms with E-state index >= 15 is 0 Å². The van der Waals surface area contributed by atoms with Crippen molar-refractivity contribution in [3.05, 3.63) is 222 Å². The molecule has 3 heterocycles. The summed E-state index contributed by atoms with van der Waals surface area (Å²) in [5.74, 6) is 3.50. The Morgan fingerprint density at radius 3 is 1.64 bits per heavy atom. The molecule has 0 saturated heterocycles. The molecule has 0 N–H and O–H groups in total. The van der Waals surface area contributed by atoms with Crippen molar-refractivity contribution in [2.75, 3.05) is 0 Å². The number of para-hydroxylation sites is 1. The molecular weight excluding hydrogens is 747 g/mol. The predicted octanol–water partition coefficient (Wildman–Crippen LogP) is 14.1. The van der Waals surface area contributed by atoms with Crippen LogP contribution in [0.25, 0.3) is 89.1 Å². The van der Waals surface area contributed by atoms with Crippen LogP contribution >= 0.6 is 0 Å². The molecule has 2 aromatic heterocycles. The lowest BCUT2D eigenvalue weighted by atomic mass is 9.66. The van der Waals surface area contributed by atoms with Crippen molar-refractivity contribution in [2.24, 2.45) is 0 Å². The van der Waals surface area contributed by atoms with Gasteiger partial charge in [0, 0.05) is 38.6 Å². The number of hydrogen-bond donors (Lipinski definition) is 0. The smallest absolute Gasteiger partial charge is 0.164 e. The number of benzene rings is 9. The van der Waals surface area contributed by atoms with Crippen molar-refractivity contribution in [2.45, 2.75) is 5.41 Å². The molecule has 0 saturated carbocycles. The molecule has 0 unspecified atom stereocenters. The first-order valence-corrected chi connectivity index (χ1v) is 20.6. The van der Waals surface area contributed by atoms with Crippen molar-refractivity contribution in [3.8, 4) is 67.9 Å². The summed E-state index contributed by atoms with van der Waals surface area (Å²) >= 11 is 0. The van der Waals surface area contributed by atoms with E-state index in [0.29, 0.717) is 17.5 Å². The number of nitrogens with zero attached hydrogens (tertiary/aromatic N) is 3. The standard InChI is InChI=1S/C56H33N3O2/c1-2-13-34(14-3-1)53-57-54(59-55(58-53)40-25-27-43-44-30-36-15-4-5-16-37(36)32-52(44)61-51(43)33-40)39-18-12-17-35(29-39)38-26-28-50-48(31-38)56(47-23-10-11-24-49(47)60-50)45-21-8-6-19-41(45)42-20-7-9-22-46(42)56/h1-33H. The first-order chi connectivity index (χ1) is 30.2. The van der Waals surface area contributed by atoms with Crippen LogP contribution in [0.15, 0.2) is 205 Å². The summed E-state index contributed by atoms with van der Waals surface area (Å²) in [6, 6.07) is 70.3. The van der Waals surface area contributed by atoms with Crippen LogP contribution in [-0.4, -0.2) is 15.0 Å². The summed E-state index contributed by atoms with van der Waals surface area (Å²) in [5.41, 5.74) is 13.2. The number of fused-ring (bicyclic) bond motifs is 13. The molecule has 0 radical (unpaired) electrons. The number of rotatable bonds is 4. The normalized spacial score (nSPS) is 13.2. The van der Waals surface area contributed by atoms with Crippen molar-refractivity contribution >= 4 is 32.7 Å². The first kappa shape index (κ1) is 33.8. The van der Waals surface area contributed by atoms with Gasteiger partial charge >= 0.3 is 0 Å². The van der Waals surface area contributed by atoms with E-state index in [9.17, 15) is 0 Å². The van der Waals surface area contributed by atoms with Crippen LogP contribution in [0.1, 0.15) is 22.3 Å². The summed E-state index contributed by atoms with van der Waals surface area (Å²) in [6.07, 6.45) is 0. The fraction of sp³-hybridized carbons (Fsp3) is 0.0179. The second-order valence-corrected chi connectivity index (χ2v) is 15.9. The Balaban J connectivity index is 0.958. The summed E-state index contributed by atoms with van der Waals surface area (Å²) in [5, 5.41) is 4.47. The van der Waals surface area contributed by atoms with E-state index in [1.54, 1.807) is 0 Å². The SMILES string of the molecule is c1ccc(-c2nc(-c3cccc(-c4ccc5c(c4)C4(c6ccccc6O5)c5ccccc5-c5ccccc54)c3)nc(-c3ccc4c(c3)oc3cc5ccccc5cc34)n2)cc1. The van der Waals surface area contributed by atoms with Gasteiger partial charge in [0.05, 0.1) is 5.41 Å². The van der Waals surface area contributed by atoms with Gasteiger partial charge in [0.1, 0.15) is 22.7 Å². The largest absolute Gasteiger partial charge is 0.457 e. The van der Waals surface area contributed by atoms with Crippen LogP contribution in [0.4, 0.5) is 0 Å². The van der Waals surface area contributed by atoms with Gasteiger partial charge in [-0.1, -0.05) is 152 Å². The molecule has 13 rings (SSSR count). The van der Waals surface area contributed by atoms with Gasteiger partial charge in [-0.15, -0.1) is 0 Å². The summed E-state index contributed by atoms with van der Waals surface area (Å²) in [4.78, 5) is 15.3. The van der Waals surface area contributed by atoms with E-state index in [1.807, 2.05) is 36.4 Å². The second kappa shape index (κ2) is 12.9. The average Bonchev–Trinajstić information content (AvgIpc) is 3.83. The van der Waals surface area contributed by atoms with Gasteiger partial charge in [0.15, 0.2) is 17.5 Å². The second-order valence-electron chi connectivity index (χ2n) is 15.9. The highest BCUT2D eigenvalue weighted by Crippen LogP contribution is 2.62. The lowest BCUT2D eigenvalue weighted by Gasteiger charge is -2.39. The average molecular weight is 780 g/mol. The third-order valence-electron chi connectivity index (χ3n) is 12.6. The van der Waals surface area contributed by atoms with Crippen molar-refractivity contribution in [1.82, 2.24) is 15.0 Å². The maximum atomic E-state index is 6.72. The predicted molar refractivity (Wildman–Crippen MR) is 244 cm³/mol. The van der Waals surface area contributed by atoms with Gasteiger partial charge in [0.2, 0.25) is 0 Å². The fourth-order valence-corrected chi connectivity index (χ4v) is 9.83. The maximum absolute atomic E-state index is 6.72. The van der Waals surface area contributed by atoms with E-state index in [4.69, 9.17) is 24.1 Å².